The maximum Gasteiger partial charge on any atom is 0.348 e. The molecule has 0 atom stereocenters. The number of rotatable bonds is 2. The SMILES string of the molecule is COC(=O)c1ccsc1C(=O)OC. The second-order valence-electron chi connectivity index (χ2n) is 2.15. The zero-order valence-electron chi connectivity index (χ0n) is 7.20. The lowest BCUT2D eigenvalue weighted by atomic mass is 10.2. The predicted molar refractivity (Wildman–Crippen MR) is 47.0 cm³/mol. The van der Waals surface area contributed by atoms with E-state index in [4.69, 9.17) is 0 Å². The first kappa shape index (κ1) is 9.73. The minimum absolute atomic E-state index is 0.249. The van der Waals surface area contributed by atoms with Crippen molar-refractivity contribution in [3.63, 3.8) is 0 Å². The average molecular weight is 200 g/mol. The molecule has 0 N–H and O–H groups in total. The van der Waals surface area contributed by atoms with Gasteiger partial charge in [-0.15, -0.1) is 11.3 Å². The molecule has 1 aromatic rings. The normalized spacial score (nSPS) is 9.38. The van der Waals surface area contributed by atoms with Gasteiger partial charge >= 0.3 is 11.9 Å². The van der Waals surface area contributed by atoms with Crippen molar-refractivity contribution in [1.29, 1.82) is 0 Å². The van der Waals surface area contributed by atoms with Crippen LogP contribution in [0.1, 0.15) is 20.0 Å². The molecular formula is C8H8O4S. The van der Waals surface area contributed by atoms with E-state index < -0.39 is 11.9 Å². The van der Waals surface area contributed by atoms with E-state index in [1.807, 2.05) is 0 Å². The molecule has 0 unspecified atom stereocenters. The second kappa shape index (κ2) is 4.04. The molecule has 0 saturated carbocycles. The van der Waals surface area contributed by atoms with Crippen LogP contribution >= 0.6 is 11.3 Å². The first-order valence-electron chi connectivity index (χ1n) is 3.44. The molecule has 0 spiro atoms. The topological polar surface area (TPSA) is 52.6 Å². The molecular weight excluding hydrogens is 192 g/mol. The third-order valence-electron chi connectivity index (χ3n) is 1.44. The number of hydrogen-bond acceptors (Lipinski definition) is 5. The van der Waals surface area contributed by atoms with Crippen LogP contribution < -0.4 is 0 Å². The highest BCUT2D eigenvalue weighted by molar-refractivity contribution is 7.12. The van der Waals surface area contributed by atoms with Gasteiger partial charge < -0.3 is 9.47 Å². The number of carbonyl (C=O) groups is 2. The van der Waals surface area contributed by atoms with Crippen LogP contribution in [0, 0.1) is 0 Å². The second-order valence-corrected chi connectivity index (χ2v) is 3.06. The monoisotopic (exact) mass is 200 g/mol. The lowest BCUT2D eigenvalue weighted by Crippen LogP contribution is -2.08. The Bertz CT molecular complexity index is 298. The molecule has 1 aromatic heterocycles. The van der Waals surface area contributed by atoms with Crippen molar-refractivity contribution in [1.82, 2.24) is 0 Å². The number of ether oxygens (including phenoxy) is 2. The van der Waals surface area contributed by atoms with Crippen molar-refractivity contribution in [3.05, 3.63) is 21.9 Å². The van der Waals surface area contributed by atoms with Gasteiger partial charge in [-0.1, -0.05) is 0 Å². The highest BCUT2D eigenvalue weighted by Gasteiger charge is 2.19. The van der Waals surface area contributed by atoms with E-state index in [0.29, 0.717) is 0 Å². The minimum Gasteiger partial charge on any atom is -0.465 e. The van der Waals surface area contributed by atoms with Crippen LogP contribution in [0.2, 0.25) is 0 Å². The summed E-state index contributed by atoms with van der Waals surface area (Å²) >= 11 is 1.15. The van der Waals surface area contributed by atoms with Crippen LogP contribution in [-0.4, -0.2) is 26.2 Å². The van der Waals surface area contributed by atoms with Gasteiger partial charge in [-0.05, 0) is 11.4 Å². The van der Waals surface area contributed by atoms with Gasteiger partial charge in [0.05, 0.1) is 19.8 Å². The standard InChI is InChI=1S/C8H8O4S/c1-11-7(9)5-3-4-13-6(5)8(10)12-2/h3-4H,1-2H3. The van der Waals surface area contributed by atoms with E-state index in [1.165, 1.54) is 20.3 Å². The molecule has 0 amide bonds. The highest BCUT2D eigenvalue weighted by Crippen LogP contribution is 2.18. The van der Waals surface area contributed by atoms with Crippen LogP contribution in [0.3, 0.4) is 0 Å². The summed E-state index contributed by atoms with van der Waals surface area (Å²) in [7, 11) is 2.53. The first-order valence-corrected chi connectivity index (χ1v) is 4.32. The third kappa shape index (κ3) is 1.86. The highest BCUT2D eigenvalue weighted by atomic mass is 32.1. The fourth-order valence-corrected chi connectivity index (χ4v) is 1.63. The summed E-state index contributed by atoms with van der Waals surface area (Å²) in [4.78, 5) is 22.5. The first-order chi connectivity index (χ1) is 6.20. The number of carbonyl (C=O) groups excluding carboxylic acids is 2. The van der Waals surface area contributed by atoms with Gasteiger partial charge in [0.1, 0.15) is 4.88 Å². The van der Waals surface area contributed by atoms with Crippen molar-refractivity contribution >= 4 is 23.3 Å². The summed E-state index contributed by atoms with van der Waals surface area (Å²) in [5, 5.41) is 1.64. The molecule has 13 heavy (non-hydrogen) atoms. The Kier molecular flexibility index (Phi) is 3.02. The molecule has 0 bridgehead atoms. The molecule has 70 valence electrons. The fourth-order valence-electron chi connectivity index (χ4n) is 0.831. The van der Waals surface area contributed by atoms with Gasteiger partial charge in [0.15, 0.2) is 0 Å². The lowest BCUT2D eigenvalue weighted by Gasteiger charge is -1.99. The van der Waals surface area contributed by atoms with Gasteiger partial charge in [0, 0.05) is 0 Å². The summed E-state index contributed by atoms with van der Waals surface area (Å²) in [6.07, 6.45) is 0. The zero-order chi connectivity index (χ0) is 9.84. The number of hydrogen-bond donors (Lipinski definition) is 0. The Labute approximate surface area is 79.1 Å². The lowest BCUT2D eigenvalue weighted by molar-refractivity contribution is 0.0560. The number of thiophene rings is 1. The van der Waals surface area contributed by atoms with E-state index >= 15 is 0 Å². The predicted octanol–water partition coefficient (Wildman–Crippen LogP) is 1.32. The molecule has 1 rings (SSSR count). The number of esters is 2. The quantitative estimate of drug-likeness (QED) is 0.675. The minimum atomic E-state index is -0.526. The van der Waals surface area contributed by atoms with Gasteiger partial charge in [-0.2, -0.15) is 0 Å². The molecule has 0 aliphatic rings. The van der Waals surface area contributed by atoms with E-state index in [9.17, 15) is 9.59 Å². The summed E-state index contributed by atoms with van der Waals surface area (Å²) in [6.45, 7) is 0. The van der Waals surface area contributed by atoms with Gasteiger partial charge in [0.25, 0.3) is 0 Å². The van der Waals surface area contributed by atoms with Crippen molar-refractivity contribution in [2.45, 2.75) is 0 Å². The average Bonchev–Trinajstić information content (AvgIpc) is 2.63. The Hall–Kier alpha value is -1.36. The van der Waals surface area contributed by atoms with Crippen molar-refractivity contribution in [2.24, 2.45) is 0 Å². The van der Waals surface area contributed by atoms with Crippen LogP contribution in [-0.2, 0) is 9.47 Å². The summed E-state index contributed by atoms with van der Waals surface area (Å²) in [6, 6.07) is 1.53. The molecule has 4 nitrogen and oxygen atoms in total. The molecule has 0 aromatic carbocycles. The molecule has 0 aliphatic carbocycles. The van der Waals surface area contributed by atoms with Gasteiger partial charge in [0.2, 0.25) is 0 Å². The van der Waals surface area contributed by atoms with E-state index in [0.717, 1.165) is 11.3 Å². The summed E-state index contributed by atoms with van der Waals surface area (Å²) in [5.41, 5.74) is 0.249. The van der Waals surface area contributed by atoms with E-state index in [2.05, 4.69) is 9.47 Å². The summed E-state index contributed by atoms with van der Waals surface area (Å²) < 4.78 is 8.98. The number of methoxy groups -OCH3 is 2. The fraction of sp³-hybridized carbons (Fsp3) is 0.250. The Morgan fingerprint density at radius 3 is 2.38 bits per heavy atom. The smallest absolute Gasteiger partial charge is 0.348 e. The zero-order valence-corrected chi connectivity index (χ0v) is 8.01. The maximum atomic E-state index is 11.1. The van der Waals surface area contributed by atoms with E-state index in [-0.39, 0.29) is 10.4 Å². The Morgan fingerprint density at radius 2 is 1.85 bits per heavy atom. The van der Waals surface area contributed by atoms with Crippen LogP contribution in [0.5, 0.6) is 0 Å². The van der Waals surface area contributed by atoms with Gasteiger partial charge in [-0.3, -0.25) is 0 Å². The van der Waals surface area contributed by atoms with Crippen LogP contribution in [0.15, 0.2) is 11.4 Å². The van der Waals surface area contributed by atoms with Crippen molar-refractivity contribution in [2.75, 3.05) is 14.2 Å². The van der Waals surface area contributed by atoms with Crippen molar-refractivity contribution in [3.8, 4) is 0 Å². The molecule has 5 heteroatoms. The van der Waals surface area contributed by atoms with E-state index in [1.54, 1.807) is 5.38 Å². The molecule has 0 radical (unpaired) electrons. The van der Waals surface area contributed by atoms with Crippen LogP contribution in [0.25, 0.3) is 0 Å². The Morgan fingerprint density at radius 1 is 1.23 bits per heavy atom. The van der Waals surface area contributed by atoms with Gasteiger partial charge in [-0.25, -0.2) is 9.59 Å². The maximum absolute atomic E-state index is 11.1. The van der Waals surface area contributed by atoms with Crippen LogP contribution in [0.4, 0.5) is 0 Å². The molecule has 1 heterocycles. The molecule has 0 fully saturated rings. The Balaban J connectivity index is 3.02. The largest absolute Gasteiger partial charge is 0.465 e. The molecule has 0 saturated heterocycles. The third-order valence-corrected chi connectivity index (χ3v) is 2.34. The summed E-state index contributed by atoms with van der Waals surface area (Å²) in [5.74, 6) is -1.04. The van der Waals surface area contributed by atoms with Crippen molar-refractivity contribution < 1.29 is 19.1 Å². The molecule has 0 aliphatic heterocycles.